The van der Waals surface area contributed by atoms with E-state index in [0.29, 0.717) is 195 Å². The van der Waals surface area contributed by atoms with Crippen LogP contribution in [0.15, 0.2) is 87.9 Å². The van der Waals surface area contributed by atoms with Crippen LogP contribution in [0.2, 0.25) is 0 Å². The molecule has 11 N–H and O–H groups in total. The number of carbonyl (C=O) groups excluding carboxylic acids is 4. The zero-order valence-corrected chi connectivity index (χ0v) is 70.6. The quantitative estimate of drug-likeness (QED) is 0.00701. The maximum Gasteiger partial charge on any atom is 0.329 e. The number of carbonyl (C=O) groups is 4. The standard InChI is InChI=1S/C84H128N14O21/c1-53-17-11-10-12-18-54(2)68(107-7)48-62-23-20-58(6)84(106,119-62)78(103)81(104)97-28-15-13-19-65(97)82(105)117-70(63(85)45-59-21-24-66(99)71(46-59)109-9)49-69(108-8)55(3)44-57(5)76(101)77(102)74(56(4)43-53)94-116-51-61-50-96(95-92-61)30-32-111-34-36-113-38-40-115-42-41-114-39-37-112-35-33-110-31-26-72(100)88-27-14-16-29-98-80-73(79(86)89-52-90-80)75(93-98)60-22-25-67-64(47-60)91-83(87)118-67/h10-12,17-18,22,25,44,47,50,52-53,55-56,58-59,62-63,65-66,68-71,76-77,99,101-102,106H,13-16,19-21,23-24,26-43,45-46,48-49,51,85H2,1-9H3,(H2,87,91)(H,88,100)(H2,86,89,90)/b12-10+,17-11+,54-18+,57-44+,94-74-/t53-,55-,56-,58-,59+,62+,63-,65+,66-,68+,69-,70+,71-,76-,77+,84-/m1/s1. The lowest BCUT2D eigenvalue weighted by Gasteiger charge is -2.43. The van der Waals surface area contributed by atoms with Crippen LogP contribution in [-0.4, -0.2) is 275 Å². The third-order valence-corrected chi connectivity index (χ3v) is 22.6. The first-order valence-corrected chi connectivity index (χ1v) is 41.9. The second-order valence-electron chi connectivity index (χ2n) is 31.6. The molecule has 4 aromatic heterocycles. The lowest BCUT2D eigenvalue weighted by Crippen LogP contribution is -2.61. The van der Waals surface area contributed by atoms with Crippen molar-refractivity contribution >= 4 is 63.2 Å². The van der Waals surface area contributed by atoms with Gasteiger partial charge in [-0.25, -0.2) is 24.1 Å². The molecule has 35 heteroatoms. The molecule has 35 nitrogen and oxygen atoms in total. The number of fused-ring (bicyclic) bond motifs is 5. The van der Waals surface area contributed by atoms with Crippen LogP contribution in [0, 0.1) is 29.6 Å². The number of nitrogens with zero attached hydrogens (tertiary/aromatic N) is 10. The molecule has 119 heavy (non-hydrogen) atoms. The molecule has 0 unspecified atom stereocenters. The number of aromatic nitrogens is 8. The fourth-order valence-corrected chi connectivity index (χ4v) is 15.7. The van der Waals surface area contributed by atoms with Crippen molar-refractivity contribution < 1.29 is 101 Å². The number of aryl methyl sites for hydroxylation is 1. The average molecular weight is 1670 g/mol. The number of ether oxygens (including phenoxy) is 11. The number of oxazole rings is 1. The zero-order valence-electron chi connectivity index (χ0n) is 70.6. The minimum absolute atomic E-state index is 0.00847. The Morgan fingerprint density at radius 1 is 0.765 bits per heavy atom. The summed E-state index contributed by atoms with van der Waals surface area (Å²) in [7, 11) is 4.66. The normalized spacial score (nSPS) is 28.4. The van der Waals surface area contributed by atoms with Gasteiger partial charge in [0.2, 0.25) is 11.7 Å². The Morgan fingerprint density at radius 2 is 1.47 bits per heavy atom. The molecule has 660 valence electrons. The van der Waals surface area contributed by atoms with Gasteiger partial charge in [0, 0.05) is 89.6 Å². The van der Waals surface area contributed by atoms with Gasteiger partial charge in [-0.1, -0.05) is 74.5 Å². The number of Topliss-reactive ketones (excluding diaryl/α,β-unsaturated/α-hetero) is 1. The van der Waals surface area contributed by atoms with Crippen LogP contribution in [0.4, 0.5) is 11.8 Å². The predicted molar refractivity (Wildman–Crippen MR) is 441 cm³/mol. The van der Waals surface area contributed by atoms with Crippen LogP contribution in [0.3, 0.4) is 0 Å². The van der Waals surface area contributed by atoms with Crippen molar-refractivity contribution in [1.82, 2.24) is 49.9 Å². The van der Waals surface area contributed by atoms with Gasteiger partial charge in [0.1, 0.15) is 53.4 Å². The smallest absolute Gasteiger partial charge is 0.329 e. The van der Waals surface area contributed by atoms with Gasteiger partial charge >= 0.3 is 5.97 Å². The second kappa shape index (κ2) is 48.5. The summed E-state index contributed by atoms with van der Waals surface area (Å²) in [5.41, 5.74) is 24.2. The number of nitrogen functional groups attached to an aromatic ring is 2. The second-order valence-corrected chi connectivity index (χ2v) is 31.6. The molecule has 0 radical (unpaired) electrons. The molecule has 5 aromatic rings. The van der Waals surface area contributed by atoms with Crippen molar-refractivity contribution in [2.45, 2.75) is 224 Å². The Morgan fingerprint density at radius 3 is 2.18 bits per heavy atom. The number of nitrogens with one attached hydrogen (secondary N) is 1. The number of hydrogen-bond acceptors (Lipinski definition) is 31. The lowest BCUT2D eigenvalue weighted by atomic mass is 9.80. The third kappa shape index (κ3) is 28.2. The highest BCUT2D eigenvalue weighted by atomic mass is 16.6. The summed E-state index contributed by atoms with van der Waals surface area (Å²) < 4.78 is 73.1. The maximum absolute atomic E-state index is 14.8. The number of unbranched alkanes of at least 4 members (excludes halogenated alkanes) is 1. The van der Waals surface area contributed by atoms with Crippen LogP contribution >= 0.6 is 0 Å². The summed E-state index contributed by atoms with van der Waals surface area (Å²) in [5.74, 6) is -6.86. The van der Waals surface area contributed by atoms with Crippen LogP contribution in [0.5, 0.6) is 0 Å². The minimum atomic E-state index is -2.47. The van der Waals surface area contributed by atoms with Gasteiger partial charge in [0.25, 0.3) is 17.7 Å². The SMILES string of the molecule is CO[C@H]1C[C@@H]2CC[C@@H](C)[C@@](O)(O2)C(=O)C(=O)N2CCCC[C@H]2C(=O)O[C@H]([C@H](N)C[C@@H]2CC[C@@H](O)[C@H](OC)C2)C[C@@H](OC)[C@H](C)/C=C(\C)[C@@H](O)[C@@H](O)/C(=N\OCc2cn(CCOCCOCCOCCOCCOCCOCCC(=O)NCCCCn3nc(-c4ccc5oc(N)nc5c4)c4c(N)ncnc43)nn2)[C@H](C)C[C@H](C)/C=C/C=C/C=C/1C. The molecular formula is C84H128N14O21. The number of amides is 2. The molecule has 0 spiro atoms. The van der Waals surface area contributed by atoms with E-state index >= 15 is 0 Å². The number of cyclic esters (lactones) is 1. The summed E-state index contributed by atoms with van der Waals surface area (Å²) in [6.07, 6.45) is 14.5. The van der Waals surface area contributed by atoms with Crippen molar-refractivity contribution in [2.24, 2.45) is 40.5 Å². The molecule has 2 saturated heterocycles. The molecule has 1 aliphatic carbocycles. The van der Waals surface area contributed by atoms with Gasteiger partial charge in [0.05, 0.1) is 134 Å². The monoisotopic (exact) mass is 1670 g/mol. The van der Waals surface area contributed by atoms with E-state index in [1.165, 1.54) is 18.3 Å². The highest BCUT2D eigenvalue weighted by Crippen LogP contribution is 2.39. The Labute approximate surface area is 696 Å². The molecule has 1 saturated carbocycles. The van der Waals surface area contributed by atoms with E-state index in [9.17, 15) is 39.6 Å². The number of oxime groups is 1. The fraction of sp³-hybridized carbons (Fsp3) is 0.679. The van der Waals surface area contributed by atoms with E-state index in [1.54, 1.807) is 55.8 Å². The minimum Gasteiger partial charge on any atom is -0.459 e. The van der Waals surface area contributed by atoms with Gasteiger partial charge in [-0.3, -0.25) is 14.4 Å². The fourth-order valence-electron chi connectivity index (χ4n) is 15.7. The highest BCUT2D eigenvalue weighted by molar-refractivity contribution is 6.39. The number of allylic oxidation sites excluding steroid dienone is 5. The van der Waals surface area contributed by atoms with Crippen molar-refractivity contribution in [1.29, 1.82) is 0 Å². The van der Waals surface area contributed by atoms with E-state index < -0.39 is 102 Å². The van der Waals surface area contributed by atoms with Crippen LogP contribution < -0.4 is 22.5 Å². The number of benzene rings is 1. The van der Waals surface area contributed by atoms with Crippen molar-refractivity contribution in [3.63, 3.8) is 0 Å². The van der Waals surface area contributed by atoms with Crippen LogP contribution in [-0.2, 0) is 95.8 Å². The average Bonchev–Trinajstić information content (AvgIpc) is 1.62. The molecule has 4 aliphatic rings. The number of piperidine rings is 1. The van der Waals surface area contributed by atoms with Gasteiger partial charge in [0.15, 0.2) is 17.8 Å². The molecule has 2 bridgehead atoms. The number of esters is 1. The summed E-state index contributed by atoms with van der Waals surface area (Å²) in [6, 6.07) is 3.63. The Balaban J connectivity index is 0.683. The number of hydrogen-bond donors (Lipinski definition) is 8. The Hall–Kier alpha value is -8.11. The lowest BCUT2D eigenvalue weighted by molar-refractivity contribution is -0.265. The molecule has 9 rings (SSSR count). The predicted octanol–water partition coefficient (Wildman–Crippen LogP) is 6.46. The van der Waals surface area contributed by atoms with Gasteiger partial charge in [-0.2, -0.15) is 10.1 Å². The van der Waals surface area contributed by atoms with E-state index in [2.05, 4.69) is 35.7 Å². The topological polar surface area (TPSA) is 466 Å². The summed E-state index contributed by atoms with van der Waals surface area (Å²) in [5, 5.41) is 68.5. The summed E-state index contributed by atoms with van der Waals surface area (Å²) >= 11 is 0. The number of methoxy groups -OCH3 is 3. The number of aliphatic hydroxyl groups is 4. The summed E-state index contributed by atoms with van der Waals surface area (Å²) in [6.45, 7) is 16.9. The number of aliphatic hydroxyl groups excluding tert-OH is 3. The molecule has 3 fully saturated rings. The maximum atomic E-state index is 14.8. The molecule has 2 amide bonds. The highest BCUT2D eigenvalue weighted by Gasteiger charge is 2.53. The Bertz CT molecular complexity index is 4130. The van der Waals surface area contributed by atoms with E-state index in [4.69, 9.17) is 83.7 Å². The Kier molecular flexibility index (Phi) is 38.6. The molecule has 7 heterocycles. The zero-order chi connectivity index (χ0) is 85.4. The van der Waals surface area contributed by atoms with Crippen molar-refractivity contribution in [3.05, 3.63) is 84.0 Å². The van der Waals surface area contributed by atoms with Crippen LogP contribution in [0.1, 0.15) is 144 Å². The van der Waals surface area contributed by atoms with Gasteiger partial charge in [-0.15, -0.1) is 5.10 Å². The first-order valence-electron chi connectivity index (χ1n) is 41.9. The van der Waals surface area contributed by atoms with Gasteiger partial charge < -0.3 is 109 Å². The molecule has 16 atom stereocenters. The number of ketones is 1. The van der Waals surface area contributed by atoms with Crippen LogP contribution in [0.25, 0.3) is 33.4 Å². The molecule has 3 aliphatic heterocycles. The van der Waals surface area contributed by atoms with Crippen molar-refractivity contribution in [2.75, 3.05) is 125 Å². The van der Waals surface area contributed by atoms with E-state index in [1.807, 2.05) is 70.2 Å². The van der Waals surface area contributed by atoms with Crippen molar-refractivity contribution in [3.8, 4) is 11.3 Å². The first-order chi connectivity index (χ1) is 57.4. The van der Waals surface area contributed by atoms with Gasteiger partial charge in [-0.05, 0) is 132 Å². The number of anilines is 2. The molecular weight excluding hydrogens is 1540 g/mol. The first kappa shape index (κ1) is 94.7. The molecule has 1 aromatic carbocycles. The number of nitrogens with two attached hydrogens (primary N) is 3. The largest absolute Gasteiger partial charge is 0.459 e. The van der Waals surface area contributed by atoms with E-state index in [0.717, 1.165) is 24.0 Å². The van der Waals surface area contributed by atoms with E-state index in [-0.39, 0.29) is 74.9 Å². The number of rotatable bonds is 36. The third-order valence-electron chi connectivity index (χ3n) is 22.6. The summed E-state index contributed by atoms with van der Waals surface area (Å²) in [4.78, 5) is 76.2.